The molecule has 0 radical (unpaired) electrons. The molecule has 2 saturated heterocycles. The summed E-state index contributed by atoms with van der Waals surface area (Å²) >= 11 is 0. The molecule has 2 aliphatic heterocycles. The number of aliphatic hydroxyl groups excluding tert-OH is 1. The summed E-state index contributed by atoms with van der Waals surface area (Å²) < 4.78 is 5.90. The lowest BCUT2D eigenvalue weighted by molar-refractivity contribution is -0.000864. The third-order valence-corrected chi connectivity index (χ3v) is 7.07. The largest absolute Gasteiger partial charge is 0.457 e. The second-order valence-electron chi connectivity index (χ2n) is 9.02. The normalized spacial score (nSPS) is 29.0. The number of rotatable bonds is 4. The van der Waals surface area contributed by atoms with Gasteiger partial charge in [-0.3, -0.25) is 9.69 Å². The standard InChI is InChI=1S/C25H30N2O3/c28-24-15-20-17-27(16-19(20)14-23(24)26-11-4-5-12-26)25(29)18-7-6-10-22(13-18)30-21-8-2-1-3-9-21/h1-3,6-10,13,19-20,23-24,28H,4-5,11-12,14-17H2/t19-,20+,23-,24-/m1/s1. The van der Waals surface area contributed by atoms with Gasteiger partial charge in [0.2, 0.25) is 0 Å². The molecule has 30 heavy (non-hydrogen) atoms. The van der Waals surface area contributed by atoms with Crippen LogP contribution in [0.4, 0.5) is 0 Å². The van der Waals surface area contributed by atoms with E-state index in [9.17, 15) is 9.90 Å². The van der Waals surface area contributed by atoms with Gasteiger partial charge in [0.25, 0.3) is 5.91 Å². The molecule has 1 amide bonds. The van der Waals surface area contributed by atoms with Crippen LogP contribution in [0.25, 0.3) is 0 Å². The zero-order chi connectivity index (χ0) is 20.5. The first-order valence-corrected chi connectivity index (χ1v) is 11.2. The molecule has 5 rings (SSSR count). The summed E-state index contributed by atoms with van der Waals surface area (Å²) in [6, 6.07) is 17.3. The maximum Gasteiger partial charge on any atom is 0.254 e. The van der Waals surface area contributed by atoms with E-state index in [0.717, 1.165) is 44.8 Å². The first-order chi connectivity index (χ1) is 14.7. The molecular weight excluding hydrogens is 376 g/mol. The van der Waals surface area contributed by atoms with Gasteiger partial charge in [-0.1, -0.05) is 24.3 Å². The van der Waals surface area contributed by atoms with E-state index in [2.05, 4.69) is 4.90 Å². The van der Waals surface area contributed by atoms with Crippen molar-refractivity contribution in [3.05, 3.63) is 60.2 Å². The number of carbonyl (C=O) groups excluding carboxylic acids is 1. The van der Waals surface area contributed by atoms with Crippen molar-refractivity contribution in [3.8, 4) is 11.5 Å². The van der Waals surface area contributed by atoms with E-state index in [1.54, 1.807) is 0 Å². The highest BCUT2D eigenvalue weighted by Crippen LogP contribution is 2.39. The molecule has 3 aliphatic rings. The fraction of sp³-hybridized carbons (Fsp3) is 0.480. The highest BCUT2D eigenvalue weighted by molar-refractivity contribution is 5.94. The Kier molecular flexibility index (Phi) is 5.48. The predicted octanol–water partition coefficient (Wildman–Crippen LogP) is 3.79. The number of hydrogen-bond donors (Lipinski definition) is 1. The van der Waals surface area contributed by atoms with Crippen molar-refractivity contribution in [2.24, 2.45) is 11.8 Å². The van der Waals surface area contributed by atoms with Crippen LogP contribution in [0.5, 0.6) is 11.5 Å². The monoisotopic (exact) mass is 406 g/mol. The molecule has 158 valence electrons. The quantitative estimate of drug-likeness (QED) is 0.840. The summed E-state index contributed by atoms with van der Waals surface area (Å²) in [6.07, 6.45) is 4.04. The van der Waals surface area contributed by atoms with Gasteiger partial charge in [-0.2, -0.15) is 0 Å². The van der Waals surface area contributed by atoms with Crippen molar-refractivity contribution in [2.75, 3.05) is 26.2 Å². The number of nitrogens with zero attached hydrogens (tertiary/aromatic N) is 2. The summed E-state index contributed by atoms with van der Waals surface area (Å²) in [6.45, 7) is 3.76. The molecule has 4 atom stereocenters. The van der Waals surface area contributed by atoms with Gasteiger partial charge >= 0.3 is 0 Å². The van der Waals surface area contributed by atoms with Gasteiger partial charge in [0, 0.05) is 24.7 Å². The first-order valence-electron chi connectivity index (χ1n) is 11.2. The van der Waals surface area contributed by atoms with Crippen LogP contribution < -0.4 is 4.74 Å². The lowest BCUT2D eigenvalue weighted by atomic mass is 9.77. The molecule has 1 aliphatic carbocycles. The van der Waals surface area contributed by atoms with Gasteiger partial charge in [0.05, 0.1) is 6.10 Å². The van der Waals surface area contributed by atoms with Crippen LogP contribution in [0.1, 0.15) is 36.0 Å². The summed E-state index contributed by atoms with van der Waals surface area (Å²) in [5, 5.41) is 10.7. The first kappa shape index (κ1) is 19.6. The summed E-state index contributed by atoms with van der Waals surface area (Å²) in [4.78, 5) is 17.7. The third-order valence-electron chi connectivity index (χ3n) is 7.07. The Labute approximate surface area is 178 Å². The van der Waals surface area contributed by atoms with Gasteiger partial charge in [-0.25, -0.2) is 0 Å². The number of amides is 1. The van der Waals surface area contributed by atoms with Gasteiger partial charge in [-0.05, 0) is 80.9 Å². The number of aliphatic hydroxyl groups is 1. The van der Waals surface area contributed by atoms with Gasteiger partial charge in [-0.15, -0.1) is 0 Å². The molecule has 2 aromatic carbocycles. The zero-order valence-corrected chi connectivity index (χ0v) is 17.3. The van der Waals surface area contributed by atoms with Crippen LogP contribution >= 0.6 is 0 Å². The van der Waals surface area contributed by atoms with Crippen molar-refractivity contribution >= 4 is 5.91 Å². The number of benzene rings is 2. The SMILES string of the molecule is O=C(c1cccc(Oc2ccccc2)c1)N1C[C@H]2C[C@@H](N3CCCC3)[C@H](O)C[C@H]2C1. The summed E-state index contributed by atoms with van der Waals surface area (Å²) in [5.41, 5.74) is 0.665. The fourth-order valence-corrected chi connectivity index (χ4v) is 5.54. The van der Waals surface area contributed by atoms with Crippen LogP contribution in [-0.2, 0) is 0 Å². The maximum atomic E-state index is 13.2. The molecule has 5 heteroatoms. The second kappa shape index (κ2) is 8.40. The molecule has 1 N–H and O–H groups in total. The molecule has 1 saturated carbocycles. The average Bonchev–Trinajstić information content (AvgIpc) is 3.43. The molecule has 3 fully saturated rings. The van der Waals surface area contributed by atoms with Crippen molar-refractivity contribution in [2.45, 2.75) is 37.8 Å². The molecular formula is C25H30N2O3. The number of ether oxygens (including phenoxy) is 1. The van der Waals surface area contributed by atoms with Crippen molar-refractivity contribution < 1.29 is 14.6 Å². The third kappa shape index (κ3) is 3.96. The molecule has 2 aromatic rings. The average molecular weight is 407 g/mol. The molecule has 0 unspecified atom stereocenters. The van der Waals surface area contributed by atoms with E-state index in [-0.39, 0.29) is 18.1 Å². The van der Waals surface area contributed by atoms with Crippen LogP contribution in [0, 0.1) is 11.8 Å². The Morgan fingerprint density at radius 1 is 0.900 bits per heavy atom. The summed E-state index contributed by atoms with van der Waals surface area (Å²) in [5.74, 6) is 2.40. The molecule has 2 heterocycles. The Bertz CT molecular complexity index is 881. The van der Waals surface area contributed by atoms with E-state index in [1.165, 1.54) is 12.8 Å². The minimum Gasteiger partial charge on any atom is -0.457 e. The van der Waals surface area contributed by atoms with Crippen LogP contribution in [0.2, 0.25) is 0 Å². The zero-order valence-electron chi connectivity index (χ0n) is 17.3. The number of likely N-dealkylation sites (tertiary alicyclic amines) is 2. The minimum absolute atomic E-state index is 0.0649. The van der Waals surface area contributed by atoms with Gasteiger partial charge < -0.3 is 14.7 Å². The summed E-state index contributed by atoms with van der Waals surface area (Å²) in [7, 11) is 0. The lowest BCUT2D eigenvalue weighted by Gasteiger charge is -2.40. The van der Waals surface area contributed by atoms with Crippen molar-refractivity contribution in [1.29, 1.82) is 0 Å². The van der Waals surface area contributed by atoms with Crippen LogP contribution in [0.3, 0.4) is 0 Å². The van der Waals surface area contributed by atoms with Crippen molar-refractivity contribution in [1.82, 2.24) is 9.80 Å². The molecule has 0 bridgehead atoms. The Morgan fingerprint density at radius 2 is 1.60 bits per heavy atom. The predicted molar refractivity (Wildman–Crippen MR) is 116 cm³/mol. The Morgan fingerprint density at radius 3 is 2.37 bits per heavy atom. The topological polar surface area (TPSA) is 53.0 Å². The maximum absolute atomic E-state index is 13.2. The fourth-order valence-electron chi connectivity index (χ4n) is 5.54. The van der Waals surface area contributed by atoms with Gasteiger partial charge in [0.1, 0.15) is 11.5 Å². The van der Waals surface area contributed by atoms with E-state index in [0.29, 0.717) is 23.1 Å². The van der Waals surface area contributed by atoms with Gasteiger partial charge in [0.15, 0.2) is 0 Å². The molecule has 0 aromatic heterocycles. The van der Waals surface area contributed by atoms with E-state index in [1.807, 2.05) is 59.5 Å². The highest BCUT2D eigenvalue weighted by Gasteiger charge is 2.45. The number of para-hydroxylation sites is 1. The minimum atomic E-state index is -0.262. The lowest BCUT2D eigenvalue weighted by Crippen LogP contribution is -2.48. The highest BCUT2D eigenvalue weighted by atomic mass is 16.5. The number of hydrogen-bond acceptors (Lipinski definition) is 4. The molecule has 0 spiro atoms. The number of carbonyl (C=O) groups is 1. The second-order valence-corrected chi connectivity index (χ2v) is 9.02. The van der Waals surface area contributed by atoms with Crippen LogP contribution in [-0.4, -0.2) is 59.1 Å². The van der Waals surface area contributed by atoms with E-state index < -0.39 is 0 Å². The van der Waals surface area contributed by atoms with Crippen molar-refractivity contribution in [3.63, 3.8) is 0 Å². The van der Waals surface area contributed by atoms with E-state index >= 15 is 0 Å². The van der Waals surface area contributed by atoms with Crippen LogP contribution in [0.15, 0.2) is 54.6 Å². The smallest absolute Gasteiger partial charge is 0.254 e. The number of fused-ring (bicyclic) bond motifs is 1. The molecule has 5 nitrogen and oxygen atoms in total. The Hall–Kier alpha value is -2.37. The Balaban J connectivity index is 1.26. The van der Waals surface area contributed by atoms with E-state index in [4.69, 9.17) is 4.74 Å².